The Balaban J connectivity index is 1.43. The number of hydrogen-bond donors (Lipinski definition) is 2. The van der Waals surface area contributed by atoms with Gasteiger partial charge in [-0.25, -0.2) is 4.68 Å². The van der Waals surface area contributed by atoms with Gasteiger partial charge in [0.1, 0.15) is 0 Å². The van der Waals surface area contributed by atoms with E-state index in [1.165, 1.54) is 12.0 Å². The molecule has 6 heteroatoms. The first-order valence-electron chi connectivity index (χ1n) is 9.79. The molecule has 0 saturated carbocycles. The van der Waals surface area contributed by atoms with Gasteiger partial charge in [-0.3, -0.25) is 4.79 Å². The number of nitrogens with zero attached hydrogens (tertiary/aromatic N) is 3. The minimum Gasteiger partial charge on any atom is -0.351 e. The molecule has 144 valence electrons. The van der Waals surface area contributed by atoms with Crippen LogP contribution in [0.1, 0.15) is 29.0 Å². The lowest BCUT2D eigenvalue weighted by atomic mass is 10.1. The van der Waals surface area contributed by atoms with E-state index in [1.54, 1.807) is 4.68 Å². The molecule has 4 rings (SSSR count). The Hall–Kier alpha value is -2.99. The van der Waals surface area contributed by atoms with Crippen molar-refractivity contribution in [1.29, 1.82) is 0 Å². The van der Waals surface area contributed by atoms with Crippen LogP contribution in [0.25, 0.3) is 16.8 Å². The summed E-state index contributed by atoms with van der Waals surface area (Å²) < 4.78 is 1.71. The summed E-state index contributed by atoms with van der Waals surface area (Å²) in [6.07, 6.45) is 2.18. The number of benzene rings is 2. The zero-order chi connectivity index (χ0) is 19.3. The Bertz CT molecular complexity index is 927. The van der Waals surface area contributed by atoms with Crippen molar-refractivity contribution in [1.82, 2.24) is 25.6 Å². The minimum atomic E-state index is -0.157. The monoisotopic (exact) mass is 375 g/mol. The first-order valence-corrected chi connectivity index (χ1v) is 9.79. The minimum absolute atomic E-state index is 0.157. The number of hydrogen-bond acceptors (Lipinski definition) is 4. The van der Waals surface area contributed by atoms with E-state index in [9.17, 15) is 4.79 Å². The van der Waals surface area contributed by atoms with Gasteiger partial charge < -0.3 is 10.6 Å². The summed E-state index contributed by atoms with van der Waals surface area (Å²) in [6.45, 7) is 4.67. The second-order valence-corrected chi connectivity index (χ2v) is 7.25. The lowest BCUT2D eigenvalue weighted by molar-refractivity contribution is 0.0946. The topological polar surface area (TPSA) is 71.8 Å². The molecule has 1 aliphatic heterocycles. The fraction of sp³-hybridized carbons (Fsp3) is 0.318. The van der Waals surface area contributed by atoms with Crippen LogP contribution in [-0.4, -0.2) is 40.5 Å². The fourth-order valence-electron chi connectivity index (χ4n) is 3.64. The molecular weight excluding hydrogens is 350 g/mol. The SMILES string of the molecule is Cc1c(C(=O)NCCC2CCNC2)nnn1-c1ccc(-c2ccccc2)cc1. The van der Waals surface area contributed by atoms with E-state index in [0.717, 1.165) is 36.5 Å². The summed E-state index contributed by atoms with van der Waals surface area (Å²) in [7, 11) is 0. The number of rotatable bonds is 6. The highest BCUT2D eigenvalue weighted by atomic mass is 16.2. The zero-order valence-electron chi connectivity index (χ0n) is 16.1. The van der Waals surface area contributed by atoms with Crippen LogP contribution in [0.4, 0.5) is 0 Å². The molecule has 1 amide bonds. The summed E-state index contributed by atoms with van der Waals surface area (Å²) in [6, 6.07) is 18.3. The number of amides is 1. The van der Waals surface area contributed by atoms with Gasteiger partial charge in [-0.15, -0.1) is 5.10 Å². The van der Waals surface area contributed by atoms with Crippen LogP contribution in [0.15, 0.2) is 54.6 Å². The fourth-order valence-corrected chi connectivity index (χ4v) is 3.64. The summed E-state index contributed by atoms with van der Waals surface area (Å²) in [5.41, 5.74) is 4.33. The molecule has 1 unspecified atom stereocenters. The maximum Gasteiger partial charge on any atom is 0.273 e. The third-order valence-electron chi connectivity index (χ3n) is 5.33. The van der Waals surface area contributed by atoms with Crippen LogP contribution in [0.3, 0.4) is 0 Å². The molecule has 1 saturated heterocycles. The van der Waals surface area contributed by atoms with Crippen LogP contribution < -0.4 is 10.6 Å². The van der Waals surface area contributed by atoms with Gasteiger partial charge in [0.05, 0.1) is 11.4 Å². The van der Waals surface area contributed by atoms with Crippen molar-refractivity contribution in [2.75, 3.05) is 19.6 Å². The van der Waals surface area contributed by atoms with Crippen molar-refractivity contribution in [2.24, 2.45) is 5.92 Å². The molecule has 0 bridgehead atoms. The highest BCUT2D eigenvalue weighted by Crippen LogP contribution is 2.21. The van der Waals surface area contributed by atoms with Crippen molar-refractivity contribution in [3.8, 4) is 16.8 Å². The molecule has 1 atom stereocenters. The molecule has 2 heterocycles. The molecule has 0 aliphatic carbocycles. The molecule has 1 aliphatic rings. The Morgan fingerprint density at radius 3 is 2.61 bits per heavy atom. The van der Waals surface area contributed by atoms with E-state index in [2.05, 4.69) is 45.2 Å². The van der Waals surface area contributed by atoms with Gasteiger partial charge in [0, 0.05) is 6.54 Å². The van der Waals surface area contributed by atoms with Crippen LogP contribution >= 0.6 is 0 Å². The van der Waals surface area contributed by atoms with E-state index in [1.807, 2.05) is 37.3 Å². The van der Waals surface area contributed by atoms with Crippen LogP contribution in [0.2, 0.25) is 0 Å². The molecular formula is C22H25N5O. The second-order valence-electron chi connectivity index (χ2n) is 7.25. The van der Waals surface area contributed by atoms with Crippen molar-refractivity contribution in [3.05, 3.63) is 66.0 Å². The van der Waals surface area contributed by atoms with E-state index < -0.39 is 0 Å². The Morgan fingerprint density at radius 1 is 1.14 bits per heavy atom. The molecule has 28 heavy (non-hydrogen) atoms. The number of aromatic nitrogens is 3. The molecule has 2 N–H and O–H groups in total. The molecule has 1 aromatic heterocycles. The van der Waals surface area contributed by atoms with Gasteiger partial charge in [-0.1, -0.05) is 47.7 Å². The summed E-state index contributed by atoms with van der Waals surface area (Å²) in [5, 5.41) is 14.6. The van der Waals surface area contributed by atoms with E-state index in [4.69, 9.17) is 0 Å². The van der Waals surface area contributed by atoms with E-state index in [0.29, 0.717) is 18.2 Å². The quantitative estimate of drug-likeness (QED) is 0.695. The average molecular weight is 375 g/mol. The molecule has 0 spiro atoms. The van der Waals surface area contributed by atoms with Crippen LogP contribution in [0, 0.1) is 12.8 Å². The first kappa shape index (κ1) is 18.4. The third kappa shape index (κ3) is 3.97. The number of nitrogens with one attached hydrogen (secondary N) is 2. The Labute approximate surface area is 165 Å². The van der Waals surface area contributed by atoms with Gasteiger partial charge in [0.15, 0.2) is 5.69 Å². The maximum absolute atomic E-state index is 12.5. The van der Waals surface area contributed by atoms with Gasteiger partial charge in [0.25, 0.3) is 5.91 Å². The van der Waals surface area contributed by atoms with Gasteiger partial charge in [-0.05, 0) is 62.0 Å². The predicted molar refractivity (Wildman–Crippen MR) is 109 cm³/mol. The van der Waals surface area contributed by atoms with E-state index in [-0.39, 0.29) is 5.91 Å². The average Bonchev–Trinajstić information content (AvgIpc) is 3.38. The Kier molecular flexibility index (Phi) is 5.48. The van der Waals surface area contributed by atoms with Crippen molar-refractivity contribution in [3.63, 3.8) is 0 Å². The lowest BCUT2D eigenvalue weighted by Gasteiger charge is -2.09. The highest BCUT2D eigenvalue weighted by molar-refractivity contribution is 5.93. The molecule has 0 radical (unpaired) electrons. The Morgan fingerprint density at radius 2 is 1.89 bits per heavy atom. The van der Waals surface area contributed by atoms with Crippen molar-refractivity contribution >= 4 is 5.91 Å². The number of carbonyl (C=O) groups is 1. The highest BCUT2D eigenvalue weighted by Gasteiger charge is 2.18. The summed E-state index contributed by atoms with van der Waals surface area (Å²) >= 11 is 0. The van der Waals surface area contributed by atoms with Gasteiger partial charge >= 0.3 is 0 Å². The van der Waals surface area contributed by atoms with Crippen LogP contribution in [0.5, 0.6) is 0 Å². The molecule has 1 fully saturated rings. The third-order valence-corrected chi connectivity index (χ3v) is 5.33. The molecule has 3 aromatic rings. The van der Waals surface area contributed by atoms with Gasteiger partial charge in [0.2, 0.25) is 0 Å². The van der Waals surface area contributed by atoms with Gasteiger partial charge in [-0.2, -0.15) is 0 Å². The predicted octanol–water partition coefficient (Wildman–Crippen LogP) is 2.97. The lowest BCUT2D eigenvalue weighted by Crippen LogP contribution is -2.27. The number of carbonyl (C=O) groups excluding carboxylic acids is 1. The summed E-state index contributed by atoms with van der Waals surface area (Å²) in [4.78, 5) is 12.5. The maximum atomic E-state index is 12.5. The normalized spacial score (nSPS) is 16.2. The second kappa shape index (κ2) is 8.35. The molecule has 6 nitrogen and oxygen atoms in total. The zero-order valence-corrected chi connectivity index (χ0v) is 16.1. The standard InChI is InChI=1S/C22H25N5O/c1-16-21(22(28)24-14-12-17-11-13-23-15-17)25-26-27(16)20-9-7-19(8-10-20)18-5-3-2-4-6-18/h2-10,17,23H,11-15H2,1H3,(H,24,28). The smallest absolute Gasteiger partial charge is 0.273 e. The largest absolute Gasteiger partial charge is 0.351 e. The van der Waals surface area contributed by atoms with Crippen molar-refractivity contribution < 1.29 is 4.79 Å². The molecule has 2 aromatic carbocycles. The van der Waals surface area contributed by atoms with Crippen LogP contribution in [-0.2, 0) is 0 Å². The first-order chi connectivity index (χ1) is 13.7. The van der Waals surface area contributed by atoms with Crippen molar-refractivity contribution in [2.45, 2.75) is 19.8 Å². The van der Waals surface area contributed by atoms with E-state index >= 15 is 0 Å². The summed E-state index contributed by atoms with van der Waals surface area (Å²) in [5.74, 6) is 0.496.